The molecule has 80 valence electrons. The van der Waals surface area contributed by atoms with Crippen LogP contribution in [0.1, 0.15) is 5.56 Å². The van der Waals surface area contributed by atoms with E-state index in [0.717, 1.165) is 5.69 Å². The number of nitrogens with zero attached hydrogens (tertiary/aromatic N) is 1. The number of allylic oxidation sites excluding steroid dienone is 1. The first-order valence-corrected chi connectivity index (χ1v) is 5.93. The predicted molar refractivity (Wildman–Crippen MR) is 71.9 cm³/mol. The third-order valence-corrected chi connectivity index (χ3v) is 2.64. The molecule has 3 rings (SSSR count). The SMILES string of the molecule is C1=Cc2ccccc2NN=C1.c1ccsc1. The van der Waals surface area contributed by atoms with Crippen LogP contribution in [0.15, 0.2) is 58.3 Å². The lowest BCUT2D eigenvalue weighted by Gasteiger charge is -2.00. The van der Waals surface area contributed by atoms with Gasteiger partial charge in [-0.3, -0.25) is 5.43 Å². The van der Waals surface area contributed by atoms with Gasteiger partial charge in [0.2, 0.25) is 0 Å². The minimum absolute atomic E-state index is 1.05. The fourth-order valence-electron chi connectivity index (χ4n) is 1.27. The fourth-order valence-corrected chi connectivity index (χ4v) is 1.72. The summed E-state index contributed by atoms with van der Waals surface area (Å²) in [6, 6.07) is 12.1. The van der Waals surface area contributed by atoms with Crippen molar-refractivity contribution in [2.75, 3.05) is 5.43 Å². The van der Waals surface area contributed by atoms with E-state index in [1.807, 2.05) is 59.3 Å². The molecule has 0 spiro atoms. The number of para-hydroxylation sites is 1. The molecule has 0 unspecified atom stereocenters. The average Bonchev–Trinajstić information content (AvgIpc) is 2.81. The van der Waals surface area contributed by atoms with E-state index < -0.39 is 0 Å². The third-order valence-electron chi connectivity index (χ3n) is 2.01. The Balaban J connectivity index is 0.000000162. The highest BCUT2D eigenvalue weighted by molar-refractivity contribution is 7.07. The summed E-state index contributed by atoms with van der Waals surface area (Å²) in [6.45, 7) is 0. The molecule has 0 fully saturated rings. The van der Waals surface area contributed by atoms with E-state index in [-0.39, 0.29) is 0 Å². The number of hydrogen-bond acceptors (Lipinski definition) is 3. The molecule has 1 N–H and O–H groups in total. The molecule has 1 aromatic carbocycles. The van der Waals surface area contributed by atoms with Crippen LogP contribution in [-0.2, 0) is 0 Å². The molecule has 0 saturated heterocycles. The smallest absolute Gasteiger partial charge is 0.0634 e. The topological polar surface area (TPSA) is 24.4 Å². The first-order valence-electron chi connectivity index (χ1n) is 4.99. The second kappa shape index (κ2) is 5.88. The van der Waals surface area contributed by atoms with Crippen LogP contribution < -0.4 is 5.43 Å². The zero-order valence-corrected chi connectivity index (χ0v) is 9.52. The molecule has 1 aliphatic heterocycles. The van der Waals surface area contributed by atoms with Crippen LogP contribution >= 0.6 is 11.3 Å². The first-order chi connectivity index (χ1) is 7.97. The monoisotopic (exact) mass is 228 g/mol. The van der Waals surface area contributed by atoms with Crippen LogP contribution in [0, 0.1) is 0 Å². The first kappa shape index (κ1) is 10.6. The van der Waals surface area contributed by atoms with Gasteiger partial charge in [-0.25, -0.2) is 0 Å². The van der Waals surface area contributed by atoms with E-state index in [0.29, 0.717) is 0 Å². The summed E-state index contributed by atoms with van der Waals surface area (Å²) in [7, 11) is 0. The second-order valence-electron chi connectivity index (χ2n) is 3.13. The molecule has 0 atom stereocenters. The molecule has 1 aliphatic rings. The predicted octanol–water partition coefficient (Wildman–Crippen LogP) is 3.86. The van der Waals surface area contributed by atoms with E-state index in [1.54, 1.807) is 17.6 Å². The van der Waals surface area contributed by atoms with Crippen molar-refractivity contribution in [1.82, 2.24) is 0 Å². The minimum atomic E-state index is 1.05. The molecule has 16 heavy (non-hydrogen) atoms. The Morgan fingerprint density at radius 1 is 1.00 bits per heavy atom. The van der Waals surface area contributed by atoms with Gasteiger partial charge in [-0.2, -0.15) is 16.4 Å². The number of thiophene rings is 1. The van der Waals surface area contributed by atoms with Gasteiger partial charge < -0.3 is 0 Å². The van der Waals surface area contributed by atoms with Crippen LogP contribution in [0.25, 0.3) is 6.08 Å². The number of anilines is 1. The van der Waals surface area contributed by atoms with Crippen LogP contribution in [0.3, 0.4) is 0 Å². The molecule has 0 saturated carbocycles. The van der Waals surface area contributed by atoms with Crippen molar-refractivity contribution in [3.05, 3.63) is 58.8 Å². The number of hydrazone groups is 1. The molecule has 0 amide bonds. The van der Waals surface area contributed by atoms with Crippen LogP contribution in [0.2, 0.25) is 0 Å². The lowest BCUT2D eigenvalue weighted by molar-refractivity contribution is 1.36. The maximum atomic E-state index is 3.95. The molecule has 2 nitrogen and oxygen atoms in total. The van der Waals surface area contributed by atoms with E-state index in [9.17, 15) is 0 Å². The summed E-state index contributed by atoms with van der Waals surface area (Å²) in [4.78, 5) is 0. The van der Waals surface area contributed by atoms with E-state index >= 15 is 0 Å². The highest BCUT2D eigenvalue weighted by Gasteiger charge is 1.96. The number of fused-ring (bicyclic) bond motifs is 1. The largest absolute Gasteiger partial charge is 0.278 e. The van der Waals surface area contributed by atoms with Gasteiger partial charge >= 0.3 is 0 Å². The Morgan fingerprint density at radius 3 is 2.56 bits per heavy atom. The Labute approximate surface area is 98.9 Å². The molecule has 2 heterocycles. The van der Waals surface area contributed by atoms with Gasteiger partial charge in [-0.1, -0.05) is 36.4 Å². The summed E-state index contributed by atoms with van der Waals surface area (Å²) < 4.78 is 0. The Kier molecular flexibility index (Phi) is 3.91. The third kappa shape index (κ3) is 3.07. The van der Waals surface area contributed by atoms with Crippen molar-refractivity contribution in [2.24, 2.45) is 5.10 Å². The summed E-state index contributed by atoms with van der Waals surface area (Å²) in [5.74, 6) is 0. The Morgan fingerprint density at radius 2 is 1.81 bits per heavy atom. The summed E-state index contributed by atoms with van der Waals surface area (Å²) in [5, 5.41) is 8.03. The normalized spacial score (nSPS) is 11.8. The second-order valence-corrected chi connectivity index (χ2v) is 3.95. The number of hydrogen-bond donors (Lipinski definition) is 1. The van der Waals surface area contributed by atoms with Gasteiger partial charge in [0, 0.05) is 6.21 Å². The van der Waals surface area contributed by atoms with Crippen molar-refractivity contribution in [1.29, 1.82) is 0 Å². The summed E-state index contributed by atoms with van der Waals surface area (Å²) in [5.41, 5.74) is 5.16. The quantitative estimate of drug-likeness (QED) is 0.727. The molecule has 0 bridgehead atoms. The van der Waals surface area contributed by atoms with Gasteiger partial charge in [-0.15, -0.1) is 0 Å². The Hall–Kier alpha value is -1.87. The minimum Gasteiger partial charge on any atom is -0.278 e. The summed E-state index contributed by atoms with van der Waals surface area (Å²) >= 11 is 1.71. The maximum absolute atomic E-state index is 3.95. The molecule has 2 aromatic rings. The van der Waals surface area contributed by atoms with Crippen molar-refractivity contribution < 1.29 is 0 Å². The van der Waals surface area contributed by atoms with Crippen LogP contribution in [-0.4, -0.2) is 6.21 Å². The fraction of sp³-hybridized carbons (Fsp3) is 0. The number of nitrogens with one attached hydrogen (secondary N) is 1. The van der Waals surface area contributed by atoms with Gasteiger partial charge in [0.1, 0.15) is 0 Å². The number of benzene rings is 1. The standard InChI is InChI=1S/C9H8N2.C4H4S/c1-2-6-9-8(4-1)5-3-7-10-11-9;1-2-4-5-3-1/h1-7,11H;1-4H. The average molecular weight is 228 g/mol. The highest BCUT2D eigenvalue weighted by Crippen LogP contribution is 2.17. The molecule has 1 aromatic heterocycles. The van der Waals surface area contributed by atoms with Crippen molar-refractivity contribution in [2.45, 2.75) is 0 Å². The van der Waals surface area contributed by atoms with E-state index in [1.165, 1.54) is 5.56 Å². The zero-order chi connectivity index (χ0) is 11.1. The van der Waals surface area contributed by atoms with Gasteiger partial charge in [0.25, 0.3) is 0 Å². The molecule has 0 aliphatic carbocycles. The Bertz CT molecular complexity index is 455. The van der Waals surface area contributed by atoms with E-state index in [2.05, 4.69) is 10.5 Å². The molecular formula is C13H12N2S. The van der Waals surface area contributed by atoms with Gasteiger partial charge in [-0.05, 0) is 28.5 Å². The lowest BCUT2D eigenvalue weighted by atomic mass is 10.2. The van der Waals surface area contributed by atoms with Gasteiger partial charge in [0.15, 0.2) is 0 Å². The zero-order valence-electron chi connectivity index (χ0n) is 8.71. The van der Waals surface area contributed by atoms with Crippen molar-refractivity contribution >= 4 is 29.3 Å². The van der Waals surface area contributed by atoms with Crippen molar-refractivity contribution in [3.63, 3.8) is 0 Å². The van der Waals surface area contributed by atoms with Crippen molar-refractivity contribution in [3.8, 4) is 0 Å². The highest BCUT2D eigenvalue weighted by atomic mass is 32.1. The van der Waals surface area contributed by atoms with Crippen LogP contribution in [0.4, 0.5) is 5.69 Å². The molecular weight excluding hydrogens is 216 g/mol. The van der Waals surface area contributed by atoms with E-state index in [4.69, 9.17) is 0 Å². The lowest BCUT2D eigenvalue weighted by Crippen LogP contribution is -1.87. The molecule has 3 heteroatoms. The van der Waals surface area contributed by atoms with Crippen LogP contribution in [0.5, 0.6) is 0 Å². The maximum Gasteiger partial charge on any atom is 0.0634 e. The number of rotatable bonds is 0. The molecule has 0 radical (unpaired) electrons. The van der Waals surface area contributed by atoms with Gasteiger partial charge in [0.05, 0.1) is 5.69 Å². The summed E-state index contributed by atoms with van der Waals surface area (Å²) in [6.07, 6.45) is 5.68.